The average Bonchev–Trinajstić information content (AvgIpc) is 2.70. The van der Waals surface area contributed by atoms with Gasteiger partial charge in [-0.15, -0.1) is 0 Å². The fourth-order valence-electron chi connectivity index (χ4n) is 2.92. The van der Waals surface area contributed by atoms with Gasteiger partial charge in [0.25, 0.3) is 0 Å². The van der Waals surface area contributed by atoms with Gasteiger partial charge in [0.05, 0.1) is 0 Å². The van der Waals surface area contributed by atoms with Crippen molar-refractivity contribution < 1.29 is 9.53 Å². The Morgan fingerprint density at radius 1 is 1.08 bits per heavy atom. The molecule has 1 aliphatic carbocycles. The molecule has 2 aromatic rings. The van der Waals surface area contributed by atoms with E-state index in [1.54, 1.807) is 0 Å². The molecule has 1 amide bonds. The van der Waals surface area contributed by atoms with E-state index in [9.17, 15) is 4.79 Å². The number of hydrogen-bond acceptors (Lipinski definition) is 2. The minimum Gasteiger partial charge on any atom is -0.409 e. The molecule has 0 fully saturated rings. The number of aryl methyl sites for hydroxylation is 3. The summed E-state index contributed by atoms with van der Waals surface area (Å²) >= 11 is 0. The second-order valence-electron chi connectivity index (χ2n) is 6.14. The average molecular weight is 351 g/mol. The van der Waals surface area contributed by atoms with E-state index in [1.807, 2.05) is 39.0 Å². The molecule has 0 radical (unpaired) electrons. The molecular weight excluding hydrogens is 322 g/mol. The molecule has 0 aromatic heterocycles. The van der Waals surface area contributed by atoms with Crippen LogP contribution in [-0.4, -0.2) is 6.09 Å². The highest BCUT2D eigenvalue weighted by atomic mass is 16.6. The Labute approximate surface area is 157 Å². The summed E-state index contributed by atoms with van der Waals surface area (Å²) in [6, 6.07) is 12.4. The number of amides is 1. The van der Waals surface area contributed by atoms with Crippen LogP contribution in [0.15, 0.2) is 42.5 Å². The molecule has 1 N–H and O–H groups in total. The molecule has 3 rings (SSSR count). The van der Waals surface area contributed by atoms with Gasteiger partial charge in [0, 0.05) is 12.1 Å². The van der Waals surface area contributed by atoms with E-state index in [0.29, 0.717) is 12.3 Å². The van der Waals surface area contributed by atoms with Gasteiger partial charge in [-0.2, -0.15) is 0 Å². The molecule has 0 saturated heterocycles. The van der Waals surface area contributed by atoms with E-state index in [0.717, 1.165) is 36.0 Å². The predicted octanol–water partition coefficient (Wildman–Crippen LogP) is 5.83. The first kappa shape index (κ1) is 19.8. The summed E-state index contributed by atoms with van der Waals surface area (Å²) in [5, 5.41) is 2.83. The van der Waals surface area contributed by atoms with Crippen LogP contribution in [0.25, 0.3) is 6.08 Å². The van der Waals surface area contributed by atoms with Crippen molar-refractivity contribution in [2.75, 3.05) is 0 Å². The molecule has 0 unspecified atom stereocenters. The lowest BCUT2D eigenvalue weighted by molar-refractivity contribution is 0.199. The molecule has 0 spiro atoms. The zero-order valence-electron chi connectivity index (χ0n) is 16.3. The highest BCUT2D eigenvalue weighted by Gasteiger charge is 2.15. The summed E-state index contributed by atoms with van der Waals surface area (Å²) in [7, 11) is 0. The van der Waals surface area contributed by atoms with Gasteiger partial charge in [-0.25, -0.2) is 4.79 Å². The zero-order valence-corrected chi connectivity index (χ0v) is 16.3. The number of carbonyl (C=O) groups excluding carboxylic acids is 1. The van der Waals surface area contributed by atoms with E-state index in [2.05, 4.69) is 42.6 Å². The smallest absolute Gasteiger partial charge is 0.409 e. The van der Waals surface area contributed by atoms with Gasteiger partial charge in [-0.05, 0) is 48.4 Å². The SMILES string of the molecule is CC.CCc1ccc(CNC(=O)Oc2c(C)ccc3c2C=CCC3)cc1. The highest BCUT2D eigenvalue weighted by Crippen LogP contribution is 2.31. The number of rotatable bonds is 4. The summed E-state index contributed by atoms with van der Waals surface area (Å²) in [6.45, 7) is 8.56. The third-order valence-corrected chi connectivity index (χ3v) is 4.41. The van der Waals surface area contributed by atoms with Crippen LogP contribution in [0.2, 0.25) is 0 Å². The Bertz CT molecular complexity index is 761. The van der Waals surface area contributed by atoms with Crippen molar-refractivity contribution in [3.63, 3.8) is 0 Å². The third kappa shape index (κ3) is 4.98. The lowest BCUT2D eigenvalue weighted by atomic mass is 9.94. The van der Waals surface area contributed by atoms with Crippen LogP contribution in [0.3, 0.4) is 0 Å². The Hall–Kier alpha value is -2.55. The summed E-state index contributed by atoms with van der Waals surface area (Å²) in [6.07, 6.45) is 6.81. The van der Waals surface area contributed by atoms with Gasteiger partial charge >= 0.3 is 6.09 Å². The van der Waals surface area contributed by atoms with Crippen molar-refractivity contribution in [2.45, 2.75) is 53.5 Å². The molecule has 0 heterocycles. The molecule has 0 bridgehead atoms. The molecule has 1 aliphatic rings. The number of benzene rings is 2. The first-order valence-corrected chi connectivity index (χ1v) is 9.50. The number of fused-ring (bicyclic) bond motifs is 1. The summed E-state index contributed by atoms with van der Waals surface area (Å²) in [5.41, 5.74) is 5.60. The van der Waals surface area contributed by atoms with E-state index in [-0.39, 0.29) is 0 Å². The van der Waals surface area contributed by atoms with Crippen LogP contribution in [0.1, 0.15) is 55.0 Å². The first-order valence-electron chi connectivity index (χ1n) is 9.50. The van der Waals surface area contributed by atoms with Crippen LogP contribution in [0.4, 0.5) is 4.79 Å². The number of nitrogens with one attached hydrogen (secondary N) is 1. The van der Waals surface area contributed by atoms with Crippen molar-refractivity contribution in [1.82, 2.24) is 5.32 Å². The van der Waals surface area contributed by atoms with E-state index >= 15 is 0 Å². The number of carbonyl (C=O) groups is 1. The van der Waals surface area contributed by atoms with Crippen molar-refractivity contribution in [3.8, 4) is 5.75 Å². The van der Waals surface area contributed by atoms with Crippen LogP contribution in [-0.2, 0) is 19.4 Å². The summed E-state index contributed by atoms with van der Waals surface area (Å²) in [5.74, 6) is 0.669. The van der Waals surface area contributed by atoms with E-state index in [4.69, 9.17) is 4.74 Å². The molecule has 3 heteroatoms. The molecule has 138 valence electrons. The van der Waals surface area contributed by atoms with Crippen LogP contribution >= 0.6 is 0 Å². The van der Waals surface area contributed by atoms with Gasteiger partial charge in [0.2, 0.25) is 0 Å². The standard InChI is InChI=1S/C21H23NO2.C2H6/c1-3-16-9-11-17(12-10-16)14-22-21(23)24-20-15(2)8-13-18-6-4-5-7-19(18)20;1-2/h5,7-13H,3-4,6,14H2,1-2H3,(H,22,23);1-2H3. The normalized spacial score (nSPS) is 11.8. The number of allylic oxidation sites excluding steroid dienone is 1. The summed E-state index contributed by atoms with van der Waals surface area (Å²) < 4.78 is 5.61. The monoisotopic (exact) mass is 351 g/mol. The van der Waals surface area contributed by atoms with Crippen molar-refractivity contribution in [1.29, 1.82) is 0 Å². The maximum absolute atomic E-state index is 12.2. The molecule has 0 aliphatic heterocycles. The Morgan fingerprint density at radius 2 is 1.77 bits per heavy atom. The third-order valence-electron chi connectivity index (χ3n) is 4.41. The Morgan fingerprint density at radius 3 is 2.46 bits per heavy atom. The maximum Gasteiger partial charge on any atom is 0.412 e. The van der Waals surface area contributed by atoms with Crippen LogP contribution in [0, 0.1) is 6.92 Å². The van der Waals surface area contributed by atoms with Gasteiger partial charge in [0.15, 0.2) is 0 Å². The minimum absolute atomic E-state index is 0.412. The molecule has 0 atom stereocenters. The number of ether oxygens (including phenoxy) is 1. The number of hydrogen-bond donors (Lipinski definition) is 1. The highest BCUT2D eigenvalue weighted by molar-refractivity contribution is 5.75. The van der Waals surface area contributed by atoms with Gasteiger partial charge in [0.1, 0.15) is 5.75 Å². The summed E-state index contributed by atoms with van der Waals surface area (Å²) in [4.78, 5) is 12.2. The van der Waals surface area contributed by atoms with E-state index in [1.165, 1.54) is 11.1 Å². The topological polar surface area (TPSA) is 38.3 Å². The molecule has 26 heavy (non-hydrogen) atoms. The maximum atomic E-state index is 12.2. The Balaban J connectivity index is 0.00000117. The quantitative estimate of drug-likeness (QED) is 0.752. The van der Waals surface area contributed by atoms with Gasteiger partial charge in [-0.3, -0.25) is 0 Å². The molecule has 0 saturated carbocycles. The molecule has 3 nitrogen and oxygen atoms in total. The molecular formula is C23H29NO2. The lowest BCUT2D eigenvalue weighted by Crippen LogP contribution is -2.27. The van der Waals surface area contributed by atoms with E-state index < -0.39 is 6.09 Å². The van der Waals surface area contributed by atoms with Crippen molar-refractivity contribution in [3.05, 3.63) is 70.3 Å². The predicted molar refractivity (Wildman–Crippen MR) is 109 cm³/mol. The first-order chi connectivity index (χ1) is 12.7. The minimum atomic E-state index is -0.412. The van der Waals surface area contributed by atoms with Gasteiger partial charge in [-0.1, -0.05) is 69.3 Å². The molecule has 2 aromatic carbocycles. The van der Waals surface area contributed by atoms with Gasteiger partial charge < -0.3 is 10.1 Å². The van der Waals surface area contributed by atoms with Crippen LogP contribution < -0.4 is 10.1 Å². The second-order valence-corrected chi connectivity index (χ2v) is 6.14. The Kier molecular flexibility index (Phi) is 7.46. The fraction of sp³-hybridized carbons (Fsp3) is 0.348. The van der Waals surface area contributed by atoms with Crippen LogP contribution in [0.5, 0.6) is 5.75 Å². The zero-order chi connectivity index (χ0) is 18.9. The second kappa shape index (κ2) is 9.81. The van der Waals surface area contributed by atoms with Crippen molar-refractivity contribution >= 4 is 12.2 Å². The lowest BCUT2D eigenvalue weighted by Gasteiger charge is -2.17. The fourth-order valence-corrected chi connectivity index (χ4v) is 2.92. The largest absolute Gasteiger partial charge is 0.412 e. The van der Waals surface area contributed by atoms with Crippen molar-refractivity contribution in [2.24, 2.45) is 0 Å².